The Labute approximate surface area is 214 Å². The lowest BCUT2D eigenvalue weighted by Gasteiger charge is -2.31. The number of nitrogens with one attached hydrogen (secondary N) is 4. The van der Waals surface area contributed by atoms with Gasteiger partial charge >= 0.3 is 0 Å². The van der Waals surface area contributed by atoms with E-state index in [0.717, 1.165) is 0 Å². The molecule has 2 heterocycles. The predicted molar refractivity (Wildman–Crippen MR) is 131 cm³/mol. The van der Waals surface area contributed by atoms with Crippen LogP contribution in [-0.2, 0) is 24.0 Å². The van der Waals surface area contributed by atoms with Crippen LogP contribution in [0.2, 0.25) is 0 Å². The van der Waals surface area contributed by atoms with Crippen LogP contribution in [0.1, 0.15) is 38.3 Å². The lowest BCUT2D eigenvalue weighted by molar-refractivity contribution is -0.142. The molecule has 12 heteroatoms. The van der Waals surface area contributed by atoms with Crippen LogP contribution in [0.4, 0.5) is 0 Å². The van der Waals surface area contributed by atoms with Gasteiger partial charge in [0, 0.05) is 6.54 Å². The Hall–Kier alpha value is -3.77. The van der Waals surface area contributed by atoms with E-state index in [4.69, 9.17) is 0 Å². The molecule has 2 aliphatic heterocycles. The number of aliphatic hydroxyl groups is 2. The van der Waals surface area contributed by atoms with Crippen molar-refractivity contribution >= 4 is 29.5 Å². The minimum absolute atomic E-state index is 0.129. The average Bonchev–Trinajstić information content (AvgIpc) is 3.37. The molecule has 0 radical (unpaired) electrons. The van der Waals surface area contributed by atoms with Crippen LogP contribution in [0.5, 0.6) is 0 Å². The van der Waals surface area contributed by atoms with Crippen LogP contribution in [0.15, 0.2) is 42.5 Å². The highest BCUT2D eigenvalue weighted by Gasteiger charge is 2.38. The van der Waals surface area contributed by atoms with E-state index in [1.54, 1.807) is 43.3 Å². The second kappa shape index (κ2) is 12.5. The number of carbonyl (C=O) groups excluding carboxylic acids is 5. The SMILES string of the molecule is CC[C@@H]1NC(=O)C[C@H](c2ccccc2)NC(=O)[C@H](CO)NC(=O)[C@H](C(C)O)NC(=O)[C@@H]2C=CCN2C1=O. The van der Waals surface area contributed by atoms with E-state index in [0.29, 0.717) is 5.56 Å². The lowest BCUT2D eigenvalue weighted by atomic mass is 10.0. The number of amides is 5. The standard InChI is InChI=1S/C25H33N5O7/c1-3-16-25(37)30-11-7-10-19(30)23(35)29-21(14(2)32)24(36)28-18(13-31)22(34)27-17(12-20(33)26-16)15-8-5-4-6-9-15/h4-10,14,16-19,21,31-32H,3,11-13H2,1-2H3,(H,26,33)(H,27,34)(H,28,36)(H,29,35)/t14?,16-,17+,18-,19-,21-/m0/s1. The van der Waals surface area contributed by atoms with Gasteiger partial charge in [0.1, 0.15) is 24.2 Å². The molecule has 37 heavy (non-hydrogen) atoms. The van der Waals surface area contributed by atoms with E-state index in [9.17, 15) is 34.2 Å². The van der Waals surface area contributed by atoms with Crippen LogP contribution < -0.4 is 21.3 Å². The predicted octanol–water partition coefficient (Wildman–Crippen LogP) is -1.75. The zero-order chi connectivity index (χ0) is 27.1. The Balaban J connectivity index is 1.98. The van der Waals surface area contributed by atoms with Gasteiger partial charge in [0.05, 0.1) is 25.2 Å². The third-order valence-electron chi connectivity index (χ3n) is 6.34. The summed E-state index contributed by atoms with van der Waals surface area (Å²) in [7, 11) is 0. The van der Waals surface area contributed by atoms with E-state index in [1.807, 2.05) is 0 Å². The van der Waals surface area contributed by atoms with Gasteiger partial charge in [-0.3, -0.25) is 24.0 Å². The Kier molecular flexibility index (Phi) is 9.36. The summed E-state index contributed by atoms with van der Waals surface area (Å²) in [6.45, 7) is 2.37. The molecule has 0 saturated carbocycles. The van der Waals surface area contributed by atoms with Crippen LogP contribution in [-0.4, -0.2) is 88.1 Å². The van der Waals surface area contributed by atoms with Gasteiger partial charge in [0.15, 0.2) is 0 Å². The first-order valence-corrected chi connectivity index (χ1v) is 12.2. The molecule has 1 fully saturated rings. The average molecular weight is 516 g/mol. The van der Waals surface area contributed by atoms with Crippen molar-refractivity contribution in [2.45, 2.75) is 63.0 Å². The van der Waals surface area contributed by atoms with Crippen molar-refractivity contribution in [2.24, 2.45) is 0 Å². The number of aliphatic hydroxyl groups excluding tert-OH is 2. The summed E-state index contributed by atoms with van der Waals surface area (Å²) in [5, 5.41) is 30.1. The lowest BCUT2D eigenvalue weighted by Crippen LogP contribution is -2.61. The molecule has 1 saturated heterocycles. The summed E-state index contributed by atoms with van der Waals surface area (Å²) in [6, 6.07) is 2.98. The quantitative estimate of drug-likeness (QED) is 0.258. The van der Waals surface area contributed by atoms with Crippen LogP contribution in [0.25, 0.3) is 0 Å². The normalized spacial score (nSPS) is 28.6. The maximum absolute atomic E-state index is 13.3. The number of fused-ring (bicyclic) bond motifs is 1. The molecule has 6 atom stereocenters. The van der Waals surface area contributed by atoms with Crippen molar-refractivity contribution in [1.29, 1.82) is 0 Å². The van der Waals surface area contributed by atoms with Gasteiger partial charge in [-0.2, -0.15) is 0 Å². The maximum Gasteiger partial charge on any atom is 0.247 e. The second-order valence-electron chi connectivity index (χ2n) is 9.04. The number of carbonyl (C=O) groups is 5. The topological polar surface area (TPSA) is 177 Å². The Morgan fingerprint density at radius 1 is 0.946 bits per heavy atom. The third kappa shape index (κ3) is 6.71. The smallest absolute Gasteiger partial charge is 0.247 e. The molecule has 1 aromatic rings. The van der Waals surface area contributed by atoms with Crippen molar-refractivity contribution in [3.63, 3.8) is 0 Å². The fourth-order valence-electron chi connectivity index (χ4n) is 4.26. The van der Waals surface area contributed by atoms with E-state index >= 15 is 0 Å². The van der Waals surface area contributed by atoms with Crippen molar-refractivity contribution < 1.29 is 34.2 Å². The van der Waals surface area contributed by atoms with E-state index in [2.05, 4.69) is 21.3 Å². The summed E-state index contributed by atoms with van der Waals surface area (Å²) in [5.41, 5.74) is 0.604. The molecule has 0 bridgehead atoms. The van der Waals surface area contributed by atoms with Crippen molar-refractivity contribution in [3.05, 3.63) is 48.0 Å². The first-order valence-electron chi connectivity index (χ1n) is 12.2. The van der Waals surface area contributed by atoms with E-state index in [1.165, 1.54) is 17.9 Å². The molecular weight excluding hydrogens is 482 g/mol. The highest BCUT2D eigenvalue weighted by Crippen LogP contribution is 2.18. The number of nitrogens with zero attached hydrogens (tertiary/aromatic N) is 1. The molecule has 0 aliphatic carbocycles. The highest BCUT2D eigenvalue weighted by molar-refractivity contribution is 5.97. The zero-order valence-corrected chi connectivity index (χ0v) is 20.7. The fourth-order valence-corrected chi connectivity index (χ4v) is 4.26. The van der Waals surface area contributed by atoms with Gasteiger partial charge in [-0.15, -0.1) is 0 Å². The van der Waals surface area contributed by atoms with E-state index < -0.39 is 72.5 Å². The van der Waals surface area contributed by atoms with Gasteiger partial charge in [-0.05, 0) is 18.9 Å². The van der Waals surface area contributed by atoms with Crippen molar-refractivity contribution in [3.8, 4) is 0 Å². The first-order chi connectivity index (χ1) is 17.7. The van der Waals surface area contributed by atoms with Crippen LogP contribution in [0, 0.1) is 0 Å². The summed E-state index contributed by atoms with van der Waals surface area (Å²) >= 11 is 0. The van der Waals surface area contributed by atoms with Crippen molar-refractivity contribution in [1.82, 2.24) is 26.2 Å². The van der Waals surface area contributed by atoms with Gasteiger partial charge in [-0.25, -0.2) is 0 Å². The summed E-state index contributed by atoms with van der Waals surface area (Å²) in [5.74, 6) is -3.37. The largest absolute Gasteiger partial charge is 0.394 e. The zero-order valence-electron chi connectivity index (χ0n) is 20.7. The monoisotopic (exact) mass is 515 g/mol. The molecule has 2 aliphatic rings. The number of hydrogen-bond acceptors (Lipinski definition) is 7. The molecule has 1 aromatic carbocycles. The molecular formula is C25H33N5O7. The van der Waals surface area contributed by atoms with E-state index in [-0.39, 0.29) is 19.4 Å². The summed E-state index contributed by atoms with van der Waals surface area (Å²) < 4.78 is 0. The Bertz CT molecular complexity index is 1050. The molecule has 6 N–H and O–H groups in total. The third-order valence-corrected chi connectivity index (χ3v) is 6.34. The fraction of sp³-hybridized carbons (Fsp3) is 0.480. The van der Waals surface area contributed by atoms with Crippen LogP contribution in [0.3, 0.4) is 0 Å². The molecule has 200 valence electrons. The minimum atomic E-state index is -1.46. The highest BCUT2D eigenvalue weighted by atomic mass is 16.3. The Morgan fingerprint density at radius 3 is 2.27 bits per heavy atom. The van der Waals surface area contributed by atoms with Crippen molar-refractivity contribution in [2.75, 3.05) is 13.2 Å². The molecule has 12 nitrogen and oxygen atoms in total. The summed E-state index contributed by atoms with van der Waals surface area (Å²) in [4.78, 5) is 66.5. The molecule has 0 aromatic heterocycles. The second-order valence-corrected chi connectivity index (χ2v) is 9.04. The number of rotatable bonds is 4. The van der Waals surface area contributed by atoms with Gasteiger partial charge < -0.3 is 36.4 Å². The van der Waals surface area contributed by atoms with Gasteiger partial charge in [-0.1, -0.05) is 49.4 Å². The number of benzene rings is 1. The van der Waals surface area contributed by atoms with Gasteiger partial charge in [0.25, 0.3) is 0 Å². The molecule has 5 amide bonds. The molecule has 0 spiro atoms. The van der Waals surface area contributed by atoms with Gasteiger partial charge in [0.2, 0.25) is 29.5 Å². The van der Waals surface area contributed by atoms with Crippen LogP contribution >= 0.6 is 0 Å². The Morgan fingerprint density at radius 2 is 1.65 bits per heavy atom. The first kappa shape index (κ1) is 27.8. The summed E-state index contributed by atoms with van der Waals surface area (Å²) in [6.07, 6.45) is 1.81. The maximum atomic E-state index is 13.3. The molecule has 1 unspecified atom stereocenters. The number of hydrogen-bond donors (Lipinski definition) is 6. The molecule has 3 rings (SSSR count). The minimum Gasteiger partial charge on any atom is -0.394 e.